The lowest BCUT2D eigenvalue weighted by Gasteiger charge is -2.30. The molecular formula is C64H43N3. The van der Waals surface area contributed by atoms with Crippen LogP contribution in [0.2, 0.25) is 0 Å². The van der Waals surface area contributed by atoms with Crippen LogP contribution in [0.15, 0.2) is 261 Å². The van der Waals surface area contributed by atoms with Crippen molar-refractivity contribution < 1.29 is 0 Å². The van der Waals surface area contributed by atoms with Gasteiger partial charge in [-0.3, -0.25) is 4.90 Å². The number of anilines is 3. The van der Waals surface area contributed by atoms with Crippen LogP contribution in [0.5, 0.6) is 0 Å². The Morgan fingerprint density at radius 3 is 1.18 bits per heavy atom. The SMILES string of the molecule is c1ccc(-c2cc(-c3ccccc3)cc(-c3nc(N(c4ccc5ccccc5c4)c4c(-c5ccccc5)cc(-c5ccccc5)cc4-c4ccccc4)nc4cc5ccccc5cc34)c2)cc1. The minimum atomic E-state index is 0.571. The molecule has 11 aromatic carbocycles. The Morgan fingerprint density at radius 1 is 0.269 bits per heavy atom. The molecule has 0 radical (unpaired) electrons. The largest absolute Gasteiger partial charge is 0.278 e. The first-order valence-electron chi connectivity index (χ1n) is 22.8. The van der Waals surface area contributed by atoms with Gasteiger partial charge < -0.3 is 0 Å². The summed E-state index contributed by atoms with van der Waals surface area (Å²) in [5, 5.41) is 5.53. The lowest BCUT2D eigenvalue weighted by molar-refractivity contribution is 1.11. The van der Waals surface area contributed by atoms with E-state index in [0.29, 0.717) is 5.95 Å². The molecule has 0 saturated heterocycles. The highest BCUT2D eigenvalue weighted by molar-refractivity contribution is 6.06. The van der Waals surface area contributed by atoms with Gasteiger partial charge in [0.1, 0.15) is 0 Å². The smallest absolute Gasteiger partial charge is 0.235 e. The second-order valence-corrected chi connectivity index (χ2v) is 17.0. The molecule has 0 aliphatic heterocycles. The second-order valence-electron chi connectivity index (χ2n) is 17.0. The average molecular weight is 854 g/mol. The quantitative estimate of drug-likeness (QED) is 0.135. The maximum Gasteiger partial charge on any atom is 0.235 e. The van der Waals surface area contributed by atoms with Gasteiger partial charge in [-0.05, 0) is 121 Å². The molecule has 1 heterocycles. The maximum absolute atomic E-state index is 5.85. The van der Waals surface area contributed by atoms with Crippen LogP contribution in [0.3, 0.4) is 0 Å². The molecule has 0 fully saturated rings. The molecule has 0 N–H and O–H groups in total. The summed E-state index contributed by atoms with van der Waals surface area (Å²) in [7, 11) is 0. The van der Waals surface area contributed by atoms with Gasteiger partial charge in [-0.1, -0.05) is 206 Å². The summed E-state index contributed by atoms with van der Waals surface area (Å²) in [5.74, 6) is 0.571. The van der Waals surface area contributed by atoms with Crippen LogP contribution < -0.4 is 4.90 Å². The zero-order valence-corrected chi connectivity index (χ0v) is 36.7. The van der Waals surface area contributed by atoms with Gasteiger partial charge in [0.2, 0.25) is 5.95 Å². The molecule has 0 aliphatic carbocycles. The van der Waals surface area contributed by atoms with Gasteiger partial charge in [0.05, 0.1) is 16.9 Å². The fraction of sp³-hybridized carbons (Fsp3) is 0. The second kappa shape index (κ2) is 17.2. The van der Waals surface area contributed by atoms with Gasteiger partial charge in [-0.25, -0.2) is 9.97 Å². The van der Waals surface area contributed by atoms with Gasteiger partial charge in [-0.15, -0.1) is 0 Å². The normalized spacial score (nSPS) is 11.3. The molecule has 0 amide bonds. The molecule has 0 unspecified atom stereocenters. The Hall–Kier alpha value is -8.92. The van der Waals surface area contributed by atoms with Crippen molar-refractivity contribution in [2.75, 3.05) is 4.90 Å². The summed E-state index contributed by atoms with van der Waals surface area (Å²) in [6.45, 7) is 0. The summed E-state index contributed by atoms with van der Waals surface area (Å²) >= 11 is 0. The monoisotopic (exact) mass is 853 g/mol. The van der Waals surface area contributed by atoms with E-state index >= 15 is 0 Å². The number of nitrogens with zero attached hydrogens (tertiary/aromatic N) is 3. The zero-order chi connectivity index (χ0) is 44.5. The van der Waals surface area contributed by atoms with Crippen molar-refractivity contribution in [2.24, 2.45) is 0 Å². The summed E-state index contributed by atoms with van der Waals surface area (Å²) in [6, 6.07) is 93.3. The average Bonchev–Trinajstić information content (AvgIpc) is 3.41. The van der Waals surface area contributed by atoms with E-state index < -0.39 is 0 Å². The molecule has 12 rings (SSSR count). The van der Waals surface area contributed by atoms with Crippen LogP contribution in [0.4, 0.5) is 17.3 Å². The summed E-state index contributed by atoms with van der Waals surface area (Å²) in [5.41, 5.74) is 15.8. The van der Waals surface area contributed by atoms with Gasteiger partial charge in [0, 0.05) is 27.8 Å². The van der Waals surface area contributed by atoms with Crippen LogP contribution >= 0.6 is 0 Å². The highest BCUT2D eigenvalue weighted by Crippen LogP contribution is 2.49. The third-order valence-corrected chi connectivity index (χ3v) is 12.8. The standard InChI is InChI=1S/C64H43N3/c1-6-20-44(21-7-1)53-36-54(45-22-8-2-9-23-45)38-56(37-53)62-60-40-51-32-18-19-33-52(51)43-61(60)65-64(66-62)67(57-35-34-47-26-16-17-31-50(47)39-57)63-58(48-27-12-4-13-28-48)41-55(46-24-10-3-11-25-46)42-59(63)49-29-14-5-15-30-49/h1-43H. The van der Waals surface area contributed by atoms with E-state index in [2.05, 4.69) is 266 Å². The zero-order valence-electron chi connectivity index (χ0n) is 36.7. The molecule has 0 spiro atoms. The van der Waals surface area contributed by atoms with Crippen molar-refractivity contribution in [3.63, 3.8) is 0 Å². The van der Waals surface area contributed by atoms with Crippen molar-refractivity contribution in [2.45, 2.75) is 0 Å². The van der Waals surface area contributed by atoms with E-state index in [0.717, 1.165) is 111 Å². The molecule has 67 heavy (non-hydrogen) atoms. The highest BCUT2D eigenvalue weighted by atomic mass is 15.3. The van der Waals surface area contributed by atoms with Crippen LogP contribution in [0.1, 0.15) is 0 Å². The van der Waals surface area contributed by atoms with Crippen molar-refractivity contribution in [1.29, 1.82) is 0 Å². The van der Waals surface area contributed by atoms with Gasteiger partial charge in [0.25, 0.3) is 0 Å². The lowest BCUT2D eigenvalue weighted by atomic mass is 9.90. The first-order valence-corrected chi connectivity index (χ1v) is 22.8. The molecule has 0 saturated carbocycles. The first-order chi connectivity index (χ1) is 33.2. The van der Waals surface area contributed by atoms with Gasteiger partial charge >= 0.3 is 0 Å². The molecule has 3 nitrogen and oxygen atoms in total. The molecule has 3 heteroatoms. The van der Waals surface area contributed by atoms with E-state index in [9.17, 15) is 0 Å². The predicted octanol–water partition coefficient (Wildman–Crippen LogP) is 17.4. The molecule has 314 valence electrons. The van der Waals surface area contributed by atoms with Crippen molar-refractivity contribution >= 4 is 49.8 Å². The Labute approximate surface area is 390 Å². The lowest BCUT2D eigenvalue weighted by Crippen LogP contribution is -2.16. The van der Waals surface area contributed by atoms with Gasteiger partial charge in [-0.2, -0.15) is 0 Å². The predicted molar refractivity (Wildman–Crippen MR) is 282 cm³/mol. The fourth-order valence-electron chi connectivity index (χ4n) is 9.49. The van der Waals surface area contributed by atoms with Crippen molar-refractivity contribution in [3.05, 3.63) is 261 Å². The van der Waals surface area contributed by atoms with E-state index in [4.69, 9.17) is 9.97 Å². The molecule has 0 aliphatic rings. The van der Waals surface area contributed by atoms with E-state index in [-0.39, 0.29) is 0 Å². The van der Waals surface area contributed by atoms with Crippen LogP contribution in [0, 0.1) is 0 Å². The number of hydrogen-bond donors (Lipinski definition) is 0. The highest BCUT2D eigenvalue weighted by Gasteiger charge is 2.27. The topological polar surface area (TPSA) is 29.0 Å². The Kier molecular flexibility index (Phi) is 10.2. The summed E-state index contributed by atoms with van der Waals surface area (Å²) < 4.78 is 0. The molecular weight excluding hydrogens is 811 g/mol. The minimum Gasteiger partial charge on any atom is -0.278 e. The Balaban J connectivity index is 1.22. The maximum atomic E-state index is 5.85. The van der Waals surface area contributed by atoms with E-state index in [1.54, 1.807) is 0 Å². The van der Waals surface area contributed by atoms with Crippen LogP contribution in [0.25, 0.3) is 99.3 Å². The summed E-state index contributed by atoms with van der Waals surface area (Å²) in [4.78, 5) is 13.8. The number of fused-ring (bicyclic) bond motifs is 3. The number of benzene rings is 11. The Bertz CT molecular complexity index is 3600. The number of aromatic nitrogens is 2. The van der Waals surface area contributed by atoms with E-state index in [1.807, 2.05) is 0 Å². The summed E-state index contributed by atoms with van der Waals surface area (Å²) in [6.07, 6.45) is 0. The molecule has 12 aromatic rings. The van der Waals surface area contributed by atoms with Crippen LogP contribution in [-0.2, 0) is 0 Å². The minimum absolute atomic E-state index is 0.571. The third-order valence-electron chi connectivity index (χ3n) is 12.8. The molecule has 0 atom stereocenters. The van der Waals surface area contributed by atoms with Crippen molar-refractivity contribution in [1.82, 2.24) is 9.97 Å². The fourth-order valence-corrected chi connectivity index (χ4v) is 9.49. The first kappa shape index (κ1) is 39.7. The van der Waals surface area contributed by atoms with Gasteiger partial charge in [0.15, 0.2) is 0 Å². The molecule has 0 bridgehead atoms. The van der Waals surface area contributed by atoms with E-state index in [1.165, 1.54) is 0 Å². The number of hydrogen-bond acceptors (Lipinski definition) is 3. The Morgan fingerprint density at radius 2 is 0.672 bits per heavy atom. The van der Waals surface area contributed by atoms with Crippen LogP contribution in [-0.4, -0.2) is 9.97 Å². The third kappa shape index (κ3) is 7.69. The van der Waals surface area contributed by atoms with Crippen molar-refractivity contribution in [3.8, 4) is 66.9 Å². The molecule has 1 aromatic heterocycles. The number of rotatable bonds is 9.